The van der Waals surface area contributed by atoms with Crippen molar-refractivity contribution in [3.05, 3.63) is 29.3 Å². The van der Waals surface area contributed by atoms with E-state index in [1.54, 1.807) is 0 Å². The normalized spacial score (nSPS) is 23.2. The molecule has 100 valence electrons. The lowest BCUT2D eigenvalue weighted by atomic mass is 9.94. The van der Waals surface area contributed by atoms with E-state index >= 15 is 0 Å². The van der Waals surface area contributed by atoms with Crippen molar-refractivity contribution >= 4 is 5.69 Å². The van der Waals surface area contributed by atoms with Gasteiger partial charge in [0.2, 0.25) is 0 Å². The number of nitrogens with one attached hydrogen (secondary N) is 1. The number of piperazine rings is 1. The van der Waals surface area contributed by atoms with Crippen LogP contribution in [0, 0.1) is 13.8 Å². The van der Waals surface area contributed by atoms with Gasteiger partial charge < -0.3 is 15.3 Å². The van der Waals surface area contributed by atoms with Gasteiger partial charge in [-0.05, 0) is 39.3 Å². The summed E-state index contributed by atoms with van der Waals surface area (Å²) in [4.78, 5) is 2.37. The van der Waals surface area contributed by atoms with Gasteiger partial charge in [-0.15, -0.1) is 0 Å². The topological polar surface area (TPSA) is 35.5 Å². The van der Waals surface area contributed by atoms with E-state index in [1.165, 1.54) is 16.8 Å². The number of anilines is 1. The Morgan fingerprint density at radius 2 is 2.11 bits per heavy atom. The fourth-order valence-electron chi connectivity index (χ4n) is 2.96. The van der Waals surface area contributed by atoms with Crippen molar-refractivity contribution in [2.24, 2.45) is 0 Å². The van der Waals surface area contributed by atoms with Crippen molar-refractivity contribution in [3.8, 4) is 0 Å². The lowest BCUT2D eigenvalue weighted by Gasteiger charge is -2.49. The van der Waals surface area contributed by atoms with E-state index in [9.17, 15) is 5.11 Å². The number of hydrogen-bond acceptors (Lipinski definition) is 3. The molecule has 2 rings (SSSR count). The number of rotatable bonds is 2. The number of aliphatic hydroxyl groups is 1. The Bertz CT molecular complexity index is 429. The predicted molar refractivity (Wildman–Crippen MR) is 76.2 cm³/mol. The number of benzene rings is 1. The SMILES string of the molecule is Cc1ccc(N2C(CO)CNCC2(C)C)c(C)c1. The van der Waals surface area contributed by atoms with Crippen molar-refractivity contribution < 1.29 is 5.11 Å². The third-order valence-corrected chi connectivity index (χ3v) is 3.78. The molecular formula is C15H24N2O. The Balaban J connectivity index is 2.43. The molecule has 0 spiro atoms. The first kappa shape index (κ1) is 13.4. The molecule has 1 heterocycles. The maximum Gasteiger partial charge on any atom is 0.0651 e. The first-order valence-corrected chi connectivity index (χ1v) is 6.64. The summed E-state index contributed by atoms with van der Waals surface area (Å²) >= 11 is 0. The number of aliphatic hydroxyl groups excluding tert-OH is 1. The highest BCUT2D eigenvalue weighted by atomic mass is 16.3. The summed E-state index contributed by atoms with van der Waals surface area (Å²) in [6, 6.07) is 6.69. The van der Waals surface area contributed by atoms with Gasteiger partial charge in [-0.3, -0.25) is 0 Å². The maximum atomic E-state index is 9.62. The van der Waals surface area contributed by atoms with Crippen LogP contribution in [0.15, 0.2) is 18.2 Å². The van der Waals surface area contributed by atoms with Gasteiger partial charge in [-0.1, -0.05) is 17.7 Å². The second-order valence-electron chi connectivity index (χ2n) is 5.94. The third kappa shape index (κ3) is 2.38. The summed E-state index contributed by atoms with van der Waals surface area (Å²) in [6.45, 7) is 10.7. The minimum absolute atomic E-state index is 0.0195. The van der Waals surface area contributed by atoms with Gasteiger partial charge in [0.15, 0.2) is 0 Å². The van der Waals surface area contributed by atoms with Gasteiger partial charge in [-0.25, -0.2) is 0 Å². The Morgan fingerprint density at radius 3 is 2.72 bits per heavy atom. The zero-order valence-electron chi connectivity index (χ0n) is 11.8. The monoisotopic (exact) mass is 248 g/mol. The van der Waals surface area contributed by atoms with Gasteiger partial charge >= 0.3 is 0 Å². The van der Waals surface area contributed by atoms with Crippen LogP contribution in [0.25, 0.3) is 0 Å². The minimum atomic E-state index is 0.0195. The zero-order valence-corrected chi connectivity index (χ0v) is 11.8. The lowest BCUT2D eigenvalue weighted by molar-refractivity contribution is 0.212. The molecule has 3 heteroatoms. The number of hydrogen-bond donors (Lipinski definition) is 2. The first-order valence-electron chi connectivity index (χ1n) is 6.64. The highest BCUT2D eigenvalue weighted by Crippen LogP contribution is 2.31. The number of nitrogens with zero attached hydrogens (tertiary/aromatic N) is 1. The van der Waals surface area contributed by atoms with E-state index in [0.717, 1.165) is 13.1 Å². The molecule has 0 radical (unpaired) electrons. The molecule has 1 saturated heterocycles. The average Bonchev–Trinajstić information content (AvgIpc) is 2.29. The molecule has 3 nitrogen and oxygen atoms in total. The van der Waals surface area contributed by atoms with Gasteiger partial charge in [0.05, 0.1) is 12.6 Å². The molecule has 1 aliphatic rings. The van der Waals surface area contributed by atoms with Crippen LogP contribution in [-0.4, -0.2) is 36.4 Å². The highest BCUT2D eigenvalue weighted by Gasteiger charge is 2.36. The van der Waals surface area contributed by atoms with Gasteiger partial charge in [0, 0.05) is 24.3 Å². The summed E-state index contributed by atoms with van der Waals surface area (Å²) in [5, 5.41) is 13.0. The Labute approximate surface area is 110 Å². The Hall–Kier alpha value is -1.06. The summed E-state index contributed by atoms with van der Waals surface area (Å²) in [5.74, 6) is 0. The van der Waals surface area contributed by atoms with Crippen molar-refractivity contribution in [2.45, 2.75) is 39.3 Å². The summed E-state index contributed by atoms with van der Waals surface area (Å²) in [5.41, 5.74) is 3.82. The maximum absolute atomic E-state index is 9.62. The Morgan fingerprint density at radius 1 is 1.39 bits per heavy atom. The second kappa shape index (κ2) is 4.90. The van der Waals surface area contributed by atoms with Gasteiger partial charge in [0.1, 0.15) is 0 Å². The molecule has 0 amide bonds. The fourth-order valence-corrected chi connectivity index (χ4v) is 2.96. The average molecular weight is 248 g/mol. The van der Waals surface area contributed by atoms with Crippen LogP contribution in [-0.2, 0) is 0 Å². The summed E-state index contributed by atoms with van der Waals surface area (Å²) in [7, 11) is 0. The molecule has 0 aliphatic carbocycles. The molecule has 0 aromatic heterocycles. The molecule has 0 bridgehead atoms. The van der Waals surface area contributed by atoms with Crippen LogP contribution in [0.1, 0.15) is 25.0 Å². The molecule has 1 aliphatic heterocycles. The van der Waals surface area contributed by atoms with Crippen molar-refractivity contribution in [2.75, 3.05) is 24.6 Å². The van der Waals surface area contributed by atoms with Gasteiger partial charge in [-0.2, -0.15) is 0 Å². The molecule has 18 heavy (non-hydrogen) atoms. The zero-order chi connectivity index (χ0) is 13.3. The van der Waals surface area contributed by atoms with Crippen molar-refractivity contribution in [1.82, 2.24) is 5.32 Å². The van der Waals surface area contributed by atoms with E-state index < -0.39 is 0 Å². The van der Waals surface area contributed by atoms with E-state index in [4.69, 9.17) is 0 Å². The van der Waals surface area contributed by atoms with Crippen LogP contribution < -0.4 is 10.2 Å². The largest absolute Gasteiger partial charge is 0.394 e. The smallest absolute Gasteiger partial charge is 0.0651 e. The first-order chi connectivity index (χ1) is 8.45. The highest BCUT2D eigenvalue weighted by molar-refractivity contribution is 5.57. The van der Waals surface area contributed by atoms with Crippen LogP contribution in [0.2, 0.25) is 0 Å². The van der Waals surface area contributed by atoms with E-state index in [-0.39, 0.29) is 18.2 Å². The van der Waals surface area contributed by atoms with E-state index in [0.29, 0.717) is 0 Å². The van der Waals surface area contributed by atoms with Crippen LogP contribution >= 0.6 is 0 Å². The second-order valence-corrected chi connectivity index (χ2v) is 5.94. The summed E-state index contributed by atoms with van der Waals surface area (Å²) < 4.78 is 0. The minimum Gasteiger partial charge on any atom is -0.394 e. The van der Waals surface area contributed by atoms with Crippen LogP contribution in [0.4, 0.5) is 5.69 Å². The molecule has 1 aromatic carbocycles. The fraction of sp³-hybridized carbons (Fsp3) is 0.600. The van der Waals surface area contributed by atoms with Gasteiger partial charge in [0.25, 0.3) is 0 Å². The standard InChI is InChI=1S/C15H24N2O/c1-11-5-6-14(12(2)7-11)17-13(9-18)8-16-10-15(17,3)4/h5-7,13,16,18H,8-10H2,1-4H3. The van der Waals surface area contributed by atoms with Crippen molar-refractivity contribution in [1.29, 1.82) is 0 Å². The molecule has 1 fully saturated rings. The third-order valence-electron chi connectivity index (χ3n) is 3.78. The number of aryl methyl sites for hydroxylation is 2. The van der Waals surface area contributed by atoms with Crippen molar-refractivity contribution in [3.63, 3.8) is 0 Å². The quantitative estimate of drug-likeness (QED) is 0.838. The van der Waals surface area contributed by atoms with E-state index in [1.807, 2.05) is 0 Å². The lowest BCUT2D eigenvalue weighted by Crippen LogP contribution is -2.64. The van der Waals surface area contributed by atoms with E-state index in [2.05, 4.69) is 56.1 Å². The molecule has 2 N–H and O–H groups in total. The molecule has 1 aromatic rings. The molecular weight excluding hydrogens is 224 g/mol. The molecule has 0 saturated carbocycles. The van der Waals surface area contributed by atoms with Crippen LogP contribution in [0.3, 0.4) is 0 Å². The predicted octanol–water partition coefficient (Wildman–Crippen LogP) is 1.85. The molecule has 1 atom stereocenters. The molecule has 1 unspecified atom stereocenters. The summed E-state index contributed by atoms with van der Waals surface area (Å²) in [6.07, 6.45) is 0. The van der Waals surface area contributed by atoms with Crippen LogP contribution in [0.5, 0.6) is 0 Å². The Kier molecular flexibility index (Phi) is 3.64.